The van der Waals surface area contributed by atoms with Gasteiger partial charge in [-0.1, -0.05) is 5.21 Å². The van der Waals surface area contributed by atoms with Crippen molar-refractivity contribution in [1.29, 1.82) is 0 Å². The highest BCUT2D eigenvalue weighted by molar-refractivity contribution is 5.83. The molecule has 0 saturated heterocycles. The molecule has 1 unspecified atom stereocenters. The number of nitrogens with one attached hydrogen (secondary N) is 1. The molecule has 8 heteroatoms. The standard InChI is InChI=1S/C10H16N4O4/c1-18-6-2-3-8(10(16)17)12-9(15)7-14-5-4-11-13-14/h4-5,8H,2-3,6-7H2,1H3,(H,12,15)(H,16,17). The maximum absolute atomic E-state index is 11.6. The second-order valence-corrected chi connectivity index (χ2v) is 3.69. The Bertz CT molecular complexity index is 379. The molecule has 1 aromatic heterocycles. The van der Waals surface area contributed by atoms with Gasteiger partial charge >= 0.3 is 5.97 Å². The van der Waals surface area contributed by atoms with Crippen LogP contribution in [0.15, 0.2) is 12.4 Å². The van der Waals surface area contributed by atoms with E-state index in [0.29, 0.717) is 19.4 Å². The number of carbonyl (C=O) groups is 2. The van der Waals surface area contributed by atoms with Crippen molar-refractivity contribution in [1.82, 2.24) is 20.3 Å². The Hall–Kier alpha value is -1.96. The van der Waals surface area contributed by atoms with Crippen LogP contribution in [0, 0.1) is 0 Å². The zero-order valence-electron chi connectivity index (χ0n) is 10.1. The highest BCUT2D eigenvalue weighted by atomic mass is 16.5. The van der Waals surface area contributed by atoms with Crippen LogP contribution in [-0.4, -0.2) is 51.7 Å². The minimum atomic E-state index is -1.06. The topological polar surface area (TPSA) is 106 Å². The lowest BCUT2D eigenvalue weighted by Gasteiger charge is -2.14. The van der Waals surface area contributed by atoms with Crippen molar-refractivity contribution in [3.8, 4) is 0 Å². The van der Waals surface area contributed by atoms with Crippen molar-refractivity contribution < 1.29 is 19.4 Å². The highest BCUT2D eigenvalue weighted by Crippen LogP contribution is 1.98. The number of carboxylic acid groups (broad SMARTS) is 1. The molecular weight excluding hydrogens is 240 g/mol. The van der Waals surface area contributed by atoms with Gasteiger partial charge in [-0.2, -0.15) is 0 Å². The molecule has 1 amide bonds. The average Bonchev–Trinajstić information content (AvgIpc) is 2.80. The largest absolute Gasteiger partial charge is 0.480 e. The van der Waals surface area contributed by atoms with E-state index in [1.807, 2.05) is 0 Å². The van der Waals surface area contributed by atoms with Crippen LogP contribution in [0.2, 0.25) is 0 Å². The number of carbonyl (C=O) groups excluding carboxylic acids is 1. The van der Waals surface area contributed by atoms with Crippen molar-refractivity contribution in [3.05, 3.63) is 12.4 Å². The van der Waals surface area contributed by atoms with E-state index in [2.05, 4.69) is 15.6 Å². The van der Waals surface area contributed by atoms with Gasteiger partial charge in [-0.3, -0.25) is 4.79 Å². The average molecular weight is 256 g/mol. The summed E-state index contributed by atoms with van der Waals surface area (Å²) in [5.41, 5.74) is 0. The van der Waals surface area contributed by atoms with Crippen molar-refractivity contribution in [2.24, 2.45) is 0 Å². The lowest BCUT2D eigenvalue weighted by Crippen LogP contribution is -2.42. The molecule has 0 aliphatic rings. The Morgan fingerprint density at radius 2 is 2.33 bits per heavy atom. The summed E-state index contributed by atoms with van der Waals surface area (Å²) in [6, 6.07) is -0.906. The van der Waals surface area contributed by atoms with Gasteiger partial charge in [0.05, 0.1) is 6.20 Å². The Labute approximate surface area is 104 Å². The normalized spacial score (nSPS) is 12.1. The number of methoxy groups -OCH3 is 1. The van der Waals surface area contributed by atoms with Crippen LogP contribution in [0.5, 0.6) is 0 Å². The molecule has 1 rings (SSSR count). The predicted molar refractivity (Wildman–Crippen MR) is 60.7 cm³/mol. The number of rotatable bonds is 8. The molecular formula is C10H16N4O4. The number of hydrogen-bond acceptors (Lipinski definition) is 5. The van der Waals surface area contributed by atoms with E-state index >= 15 is 0 Å². The number of amides is 1. The summed E-state index contributed by atoms with van der Waals surface area (Å²) in [6.45, 7) is 0.413. The minimum Gasteiger partial charge on any atom is -0.480 e. The molecule has 0 bridgehead atoms. The number of aromatic nitrogens is 3. The first-order chi connectivity index (χ1) is 8.63. The van der Waals surface area contributed by atoms with Crippen LogP contribution < -0.4 is 5.32 Å². The highest BCUT2D eigenvalue weighted by Gasteiger charge is 2.19. The molecule has 0 radical (unpaired) electrons. The Morgan fingerprint density at radius 1 is 1.56 bits per heavy atom. The van der Waals surface area contributed by atoms with Gasteiger partial charge in [0.15, 0.2) is 0 Å². The van der Waals surface area contributed by atoms with Gasteiger partial charge in [0.25, 0.3) is 0 Å². The van der Waals surface area contributed by atoms with E-state index in [0.717, 1.165) is 0 Å². The van der Waals surface area contributed by atoms with Crippen LogP contribution in [0.4, 0.5) is 0 Å². The lowest BCUT2D eigenvalue weighted by atomic mass is 10.1. The van der Waals surface area contributed by atoms with E-state index in [1.165, 1.54) is 17.1 Å². The van der Waals surface area contributed by atoms with E-state index in [4.69, 9.17) is 9.84 Å². The van der Waals surface area contributed by atoms with Crippen molar-refractivity contribution in [2.45, 2.75) is 25.4 Å². The minimum absolute atomic E-state index is 0.0476. The van der Waals surface area contributed by atoms with E-state index in [-0.39, 0.29) is 6.54 Å². The number of aliphatic carboxylic acids is 1. The monoisotopic (exact) mass is 256 g/mol. The fraction of sp³-hybridized carbons (Fsp3) is 0.600. The van der Waals surface area contributed by atoms with Gasteiger partial charge in [-0.25, -0.2) is 9.48 Å². The fourth-order valence-electron chi connectivity index (χ4n) is 1.39. The van der Waals surface area contributed by atoms with Crippen LogP contribution >= 0.6 is 0 Å². The first kappa shape index (κ1) is 14.1. The molecule has 18 heavy (non-hydrogen) atoms. The Morgan fingerprint density at radius 3 is 2.89 bits per heavy atom. The molecule has 0 spiro atoms. The lowest BCUT2D eigenvalue weighted by molar-refractivity contribution is -0.142. The molecule has 2 N–H and O–H groups in total. The molecule has 1 aromatic rings. The molecule has 0 aromatic carbocycles. The fourth-order valence-corrected chi connectivity index (χ4v) is 1.39. The molecule has 1 heterocycles. The zero-order valence-corrected chi connectivity index (χ0v) is 10.1. The van der Waals surface area contributed by atoms with Gasteiger partial charge in [0.2, 0.25) is 5.91 Å². The number of nitrogens with zero attached hydrogens (tertiary/aromatic N) is 3. The van der Waals surface area contributed by atoms with Gasteiger partial charge in [-0.05, 0) is 12.8 Å². The smallest absolute Gasteiger partial charge is 0.326 e. The number of ether oxygens (including phenoxy) is 1. The summed E-state index contributed by atoms with van der Waals surface area (Å²) < 4.78 is 6.16. The van der Waals surface area contributed by atoms with Gasteiger partial charge in [0.1, 0.15) is 12.6 Å². The zero-order chi connectivity index (χ0) is 13.4. The van der Waals surface area contributed by atoms with Gasteiger partial charge in [0, 0.05) is 19.9 Å². The van der Waals surface area contributed by atoms with Crippen LogP contribution in [0.3, 0.4) is 0 Å². The van der Waals surface area contributed by atoms with E-state index < -0.39 is 17.9 Å². The Kier molecular flexibility index (Phi) is 5.78. The molecule has 0 aliphatic carbocycles. The molecule has 1 atom stereocenters. The SMILES string of the molecule is COCCCC(NC(=O)Cn1ccnn1)C(=O)O. The second kappa shape index (κ2) is 7.38. The van der Waals surface area contributed by atoms with Gasteiger partial charge in [-0.15, -0.1) is 5.10 Å². The summed E-state index contributed by atoms with van der Waals surface area (Å²) in [5.74, 6) is -1.47. The quantitative estimate of drug-likeness (QED) is 0.594. The summed E-state index contributed by atoms with van der Waals surface area (Å²) >= 11 is 0. The van der Waals surface area contributed by atoms with Gasteiger partial charge < -0.3 is 15.2 Å². The number of hydrogen-bond donors (Lipinski definition) is 2. The van der Waals surface area contributed by atoms with E-state index in [9.17, 15) is 9.59 Å². The molecule has 0 fully saturated rings. The first-order valence-electron chi connectivity index (χ1n) is 5.48. The summed E-state index contributed by atoms with van der Waals surface area (Å²) in [7, 11) is 1.54. The van der Waals surface area contributed by atoms with Crippen LogP contribution in [0.25, 0.3) is 0 Å². The summed E-state index contributed by atoms with van der Waals surface area (Å²) in [4.78, 5) is 22.5. The van der Waals surface area contributed by atoms with Crippen LogP contribution in [-0.2, 0) is 20.9 Å². The maximum Gasteiger partial charge on any atom is 0.326 e. The third-order valence-electron chi connectivity index (χ3n) is 2.25. The van der Waals surface area contributed by atoms with Crippen molar-refractivity contribution in [3.63, 3.8) is 0 Å². The maximum atomic E-state index is 11.6. The second-order valence-electron chi connectivity index (χ2n) is 3.69. The molecule has 0 saturated carbocycles. The van der Waals surface area contributed by atoms with Crippen molar-refractivity contribution in [2.75, 3.05) is 13.7 Å². The number of carboxylic acids is 1. The van der Waals surface area contributed by atoms with E-state index in [1.54, 1.807) is 7.11 Å². The molecule has 0 aliphatic heterocycles. The Balaban J connectivity index is 2.40. The molecule has 100 valence electrons. The third kappa shape index (κ3) is 4.91. The van der Waals surface area contributed by atoms with Crippen LogP contribution in [0.1, 0.15) is 12.8 Å². The first-order valence-corrected chi connectivity index (χ1v) is 5.48. The predicted octanol–water partition coefficient (Wildman–Crippen LogP) is -0.726. The molecule has 8 nitrogen and oxygen atoms in total. The van der Waals surface area contributed by atoms with Crippen molar-refractivity contribution >= 4 is 11.9 Å². The summed E-state index contributed by atoms with van der Waals surface area (Å²) in [5, 5.41) is 18.6. The third-order valence-corrected chi connectivity index (χ3v) is 2.25. The summed E-state index contributed by atoms with van der Waals surface area (Å²) in [6.07, 6.45) is 3.87.